The van der Waals surface area contributed by atoms with Gasteiger partial charge in [-0.1, -0.05) is 12.1 Å². The molecule has 8 nitrogen and oxygen atoms in total. The molecular formula is C19H20N4O4S. The summed E-state index contributed by atoms with van der Waals surface area (Å²) in [6.45, 7) is 2.16. The van der Waals surface area contributed by atoms with Gasteiger partial charge in [-0.05, 0) is 19.1 Å². The van der Waals surface area contributed by atoms with Gasteiger partial charge in [0, 0.05) is 36.9 Å². The second-order valence-electron chi connectivity index (χ2n) is 6.94. The minimum Gasteiger partial charge on any atom is -0.467 e. The average Bonchev–Trinajstić information content (AvgIpc) is 3.01. The molecule has 0 bridgehead atoms. The normalized spacial score (nSPS) is 21.5. The van der Waals surface area contributed by atoms with E-state index in [0.717, 1.165) is 4.88 Å². The minimum absolute atomic E-state index is 0.0575. The zero-order chi connectivity index (χ0) is 19.7. The third-order valence-electron chi connectivity index (χ3n) is 4.86. The highest BCUT2D eigenvalue weighted by atomic mass is 32.1. The van der Waals surface area contributed by atoms with E-state index in [0.29, 0.717) is 35.8 Å². The van der Waals surface area contributed by atoms with Crippen molar-refractivity contribution in [3.05, 3.63) is 40.9 Å². The van der Waals surface area contributed by atoms with Gasteiger partial charge in [-0.3, -0.25) is 14.4 Å². The molecular weight excluding hydrogens is 380 g/mol. The van der Waals surface area contributed by atoms with Crippen molar-refractivity contribution in [1.82, 2.24) is 15.2 Å². The third kappa shape index (κ3) is 3.70. The molecule has 1 saturated heterocycles. The molecule has 146 valence electrons. The Kier molecular flexibility index (Phi) is 4.76. The van der Waals surface area contributed by atoms with Crippen molar-refractivity contribution < 1.29 is 19.1 Å². The van der Waals surface area contributed by atoms with Crippen LogP contribution >= 0.6 is 11.3 Å². The number of rotatable bonds is 3. The van der Waals surface area contributed by atoms with Crippen molar-refractivity contribution in [3.63, 3.8) is 0 Å². The van der Waals surface area contributed by atoms with Gasteiger partial charge in [0.2, 0.25) is 11.8 Å². The number of ether oxygens (including phenoxy) is 1. The summed E-state index contributed by atoms with van der Waals surface area (Å²) in [6.07, 6.45) is 2.63. The van der Waals surface area contributed by atoms with Gasteiger partial charge in [0.25, 0.3) is 5.91 Å². The Balaban J connectivity index is 1.43. The summed E-state index contributed by atoms with van der Waals surface area (Å²) >= 11 is 1.38. The van der Waals surface area contributed by atoms with Crippen LogP contribution < -0.4 is 15.4 Å². The number of hydrogen-bond acceptors (Lipinski definition) is 6. The van der Waals surface area contributed by atoms with Gasteiger partial charge < -0.3 is 20.3 Å². The molecule has 3 amide bonds. The van der Waals surface area contributed by atoms with Crippen LogP contribution in [-0.4, -0.2) is 46.4 Å². The molecule has 1 aromatic carbocycles. The van der Waals surface area contributed by atoms with Gasteiger partial charge in [-0.25, -0.2) is 4.98 Å². The van der Waals surface area contributed by atoms with E-state index in [2.05, 4.69) is 15.6 Å². The predicted molar refractivity (Wildman–Crippen MR) is 103 cm³/mol. The Morgan fingerprint density at radius 3 is 2.96 bits per heavy atom. The van der Waals surface area contributed by atoms with Crippen LogP contribution in [0.25, 0.3) is 0 Å². The van der Waals surface area contributed by atoms with E-state index in [1.165, 1.54) is 16.2 Å². The summed E-state index contributed by atoms with van der Waals surface area (Å²) in [7, 11) is 0. The number of para-hydroxylation sites is 1. The van der Waals surface area contributed by atoms with E-state index < -0.39 is 5.72 Å². The van der Waals surface area contributed by atoms with Crippen LogP contribution in [0.1, 0.15) is 34.5 Å². The molecule has 2 aliphatic heterocycles. The first-order valence-electron chi connectivity index (χ1n) is 9.05. The lowest BCUT2D eigenvalue weighted by Gasteiger charge is -2.38. The largest absolute Gasteiger partial charge is 0.467 e. The number of thiazole rings is 1. The predicted octanol–water partition coefficient (Wildman–Crippen LogP) is 1.92. The fourth-order valence-corrected chi connectivity index (χ4v) is 4.11. The molecule has 1 fully saturated rings. The number of nitrogens with zero attached hydrogens (tertiary/aromatic N) is 2. The summed E-state index contributed by atoms with van der Waals surface area (Å²) in [4.78, 5) is 43.9. The Bertz CT molecular complexity index is 944. The fraction of sp³-hybridized carbons (Fsp3) is 0.368. The van der Waals surface area contributed by atoms with E-state index in [1.807, 2.05) is 13.0 Å². The molecule has 3 heterocycles. The monoisotopic (exact) mass is 400 g/mol. The van der Waals surface area contributed by atoms with Gasteiger partial charge in [-0.15, -0.1) is 11.3 Å². The number of aromatic nitrogens is 1. The fourth-order valence-electron chi connectivity index (χ4n) is 3.42. The maximum Gasteiger partial charge on any atom is 0.258 e. The number of benzene rings is 1. The Morgan fingerprint density at radius 1 is 1.36 bits per heavy atom. The van der Waals surface area contributed by atoms with Crippen LogP contribution in [0.4, 0.5) is 5.13 Å². The number of amides is 3. The number of fused-ring (bicyclic) bond motifs is 1. The summed E-state index contributed by atoms with van der Waals surface area (Å²) in [5, 5.41) is 6.15. The molecule has 0 saturated carbocycles. The summed E-state index contributed by atoms with van der Waals surface area (Å²) < 4.78 is 6.09. The van der Waals surface area contributed by atoms with Crippen LogP contribution in [0.15, 0.2) is 30.5 Å². The lowest BCUT2D eigenvalue weighted by molar-refractivity contribution is -0.134. The Morgan fingerprint density at radius 2 is 2.18 bits per heavy atom. The first-order valence-corrected chi connectivity index (χ1v) is 9.86. The minimum atomic E-state index is -0.932. The van der Waals surface area contributed by atoms with Crippen molar-refractivity contribution in [2.45, 2.75) is 31.9 Å². The number of carbonyl (C=O) groups excluding carboxylic acids is 3. The Labute approximate surface area is 165 Å². The molecule has 28 heavy (non-hydrogen) atoms. The number of hydrogen-bond donors (Lipinski definition) is 2. The van der Waals surface area contributed by atoms with Crippen LogP contribution in [0, 0.1) is 6.92 Å². The van der Waals surface area contributed by atoms with Crippen molar-refractivity contribution in [3.8, 4) is 5.75 Å². The number of anilines is 1. The molecule has 2 N–H and O–H groups in total. The van der Waals surface area contributed by atoms with E-state index in [1.54, 1.807) is 24.4 Å². The highest BCUT2D eigenvalue weighted by molar-refractivity contribution is 7.15. The molecule has 0 unspecified atom stereocenters. The standard InChI is InChI=1S/C19H20N4O4S/c1-12-10-20-18(28-12)21-15(24)11-23-9-8-19(7-6-16(23)25)22-17(26)13-4-2-3-5-14(13)27-19/h2-5,10H,6-9,11H2,1H3,(H,22,26)(H,20,21,24)/t19-/m1/s1. The van der Waals surface area contributed by atoms with Crippen molar-refractivity contribution in [1.29, 1.82) is 0 Å². The van der Waals surface area contributed by atoms with Crippen LogP contribution in [0.2, 0.25) is 0 Å². The highest BCUT2D eigenvalue weighted by Gasteiger charge is 2.42. The number of aryl methyl sites for hydroxylation is 1. The summed E-state index contributed by atoms with van der Waals surface area (Å²) in [5.74, 6) is -0.125. The zero-order valence-corrected chi connectivity index (χ0v) is 16.2. The zero-order valence-electron chi connectivity index (χ0n) is 15.4. The van der Waals surface area contributed by atoms with E-state index in [9.17, 15) is 14.4 Å². The maximum absolute atomic E-state index is 12.5. The first kappa shape index (κ1) is 18.4. The van der Waals surface area contributed by atoms with Gasteiger partial charge in [0.05, 0.1) is 12.1 Å². The molecule has 0 aliphatic carbocycles. The van der Waals surface area contributed by atoms with Crippen LogP contribution in [0.3, 0.4) is 0 Å². The first-order chi connectivity index (χ1) is 13.4. The lowest BCUT2D eigenvalue weighted by Crippen LogP contribution is -2.56. The average molecular weight is 400 g/mol. The second-order valence-corrected chi connectivity index (χ2v) is 8.17. The SMILES string of the molecule is Cc1cnc(NC(=O)CN2CC[C@]3(CCC2=O)NC(=O)c2ccccc2O3)s1. The Hall–Kier alpha value is -2.94. The van der Waals surface area contributed by atoms with Crippen molar-refractivity contribution in [2.24, 2.45) is 0 Å². The van der Waals surface area contributed by atoms with E-state index >= 15 is 0 Å². The maximum atomic E-state index is 12.5. The quantitative estimate of drug-likeness (QED) is 0.820. The number of nitrogens with one attached hydrogen (secondary N) is 2. The molecule has 9 heteroatoms. The molecule has 2 aliphatic rings. The van der Waals surface area contributed by atoms with Gasteiger partial charge >= 0.3 is 0 Å². The smallest absolute Gasteiger partial charge is 0.258 e. The molecule has 4 rings (SSSR count). The molecule has 2 aromatic rings. The van der Waals surface area contributed by atoms with Gasteiger partial charge in [0.15, 0.2) is 10.9 Å². The second kappa shape index (κ2) is 7.23. The topological polar surface area (TPSA) is 101 Å². The van der Waals surface area contributed by atoms with Gasteiger partial charge in [-0.2, -0.15) is 0 Å². The van der Waals surface area contributed by atoms with Crippen molar-refractivity contribution >= 4 is 34.2 Å². The number of carbonyl (C=O) groups is 3. The third-order valence-corrected chi connectivity index (χ3v) is 5.69. The summed E-state index contributed by atoms with van der Waals surface area (Å²) in [6, 6.07) is 7.05. The number of likely N-dealkylation sites (tertiary alicyclic amines) is 1. The molecule has 0 radical (unpaired) electrons. The van der Waals surface area contributed by atoms with E-state index in [4.69, 9.17) is 4.74 Å². The lowest BCUT2D eigenvalue weighted by atomic mass is 10.0. The molecule has 1 spiro atoms. The van der Waals surface area contributed by atoms with Crippen LogP contribution in [-0.2, 0) is 9.59 Å². The van der Waals surface area contributed by atoms with Crippen molar-refractivity contribution in [2.75, 3.05) is 18.4 Å². The molecule has 1 aromatic heterocycles. The highest BCUT2D eigenvalue weighted by Crippen LogP contribution is 2.33. The van der Waals surface area contributed by atoms with Gasteiger partial charge in [0.1, 0.15) is 5.75 Å². The van der Waals surface area contributed by atoms with E-state index in [-0.39, 0.29) is 30.7 Å². The van der Waals surface area contributed by atoms with Crippen LogP contribution in [0.5, 0.6) is 5.75 Å². The summed E-state index contributed by atoms with van der Waals surface area (Å²) in [5.41, 5.74) is -0.447. The molecule has 1 atom stereocenters.